The zero-order valence-electron chi connectivity index (χ0n) is 16.8. The molecule has 9 heteroatoms. The molecular weight excluding hydrogens is 394 g/mol. The van der Waals surface area contributed by atoms with Crippen LogP contribution in [0.1, 0.15) is 11.3 Å². The molecule has 31 heavy (non-hydrogen) atoms. The molecule has 2 amide bonds. The number of ether oxygens (including phenoxy) is 1. The quantitative estimate of drug-likeness (QED) is 0.385. The number of nitrogens with zero attached hydrogens (tertiary/aromatic N) is 3. The number of benzene rings is 1. The number of rotatable bonds is 4. The molecule has 0 saturated carbocycles. The van der Waals surface area contributed by atoms with Crippen LogP contribution in [-0.2, 0) is 4.74 Å². The molecule has 0 atom stereocenters. The normalized spacial score (nSPS) is 14.2. The summed E-state index contributed by atoms with van der Waals surface area (Å²) in [5.41, 5.74) is 2.72. The van der Waals surface area contributed by atoms with E-state index in [1.807, 2.05) is 18.3 Å². The summed E-state index contributed by atoms with van der Waals surface area (Å²) in [5.74, 6) is 0.860. The molecule has 4 rings (SSSR count). The number of H-pyrrole nitrogens is 1. The van der Waals surface area contributed by atoms with Gasteiger partial charge in [-0.15, -0.1) is 0 Å². The Bertz CT molecular complexity index is 1040. The van der Waals surface area contributed by atoms with Crippen LogP contribution in [0.2, 0.25) is 0 Å². The van der Waals surface area contributed by atoms with Gasteiger partial charge in [-0.25, -0.2) is 9.79 Å². The SMILES string of the molecule is N=C(N=C(c1ccc[nH]1)N1CCOCC1)c1ccc(NC(=O)Nc2cccnc2)cc1. The maximum atomic E-state index is 12.1. The summed E-state index contributed by atoms with van der Waals surface area (Å²) in [6, 6.07) is 14.0. The van der Waals surface area contributed by atoms with Gasteiger partial charge in [0.25, 0.3) is 0 Å². The van der Waals surface area contributed by atoms with Crippen LogP contribution in [0, 0.1) is 5.41 Å². The monoisotopic (exact) mass is 417 g/mol. The number of aromatic amines is 1. The topological polar surface area (TPSA) is 118 Å². The van der Waals surface area contributed by atoms with Gasteiger partial charge in [0.15, 0.2) is 11.7 Å². The number of hydrogen-bond donors (Lipinski definition) is 4. The van der Waals surface area contributed by atoms with Gasteiger partial charge in [-0.1, -0.05) is 0 Å². The highest BCUT2D eigenvalue weighted by atomic mass is 16.5. The van der Waals surface area contributed by atoms with Gasteiger partial charge in [0.1, 0.15) is 0 Å². The van der Waals surface area contributed by atoms with Gasteiger partial charge in [0, 0.05) is 36.7 Å². The number of aliphatic imine (C=N–C) groups is 1. The average molecular weight is 417 g/mol. The number of pyridine rings is 1. The summed E-state index contributed by atoms with van der Waals surface area (Å²) >= 11 is 0. The van der Waals surface area contributed by atoms with Crippen molar-refractivity contribution in [1.82, 2.24) is 14.9 Å². The molecule has 158 valence electrons. The fraction of sp³-hybridized carbons (Fsp3) is 0.182. The number of aromatic nitrogens is 2. The van der Waals surface area contributed by atoms with E-state index < -0.39 is 0 Å². The summed E-state index contributed by atoms with van der Waals surface area (Å²) in [6.07, 6.45) is 5.05. The number of urea groups is 1. The Labute approximate surface area is 179 Å². The largest absolute Gasteiger partial charge is 0.378 e. The smallest absolute Gasteiger partial charge is 0.323 e. The Morgan fingerprint density at radius 1 is 1.06 bits per heavy atom. The van der Waals surface area contributed by atoms with Crippen molar-refractivity contribution in [1.29, 1.82) is 5.41 Å². The van der Waals surface area contributed by atoms with Crippen molar-refractivity contribution in [2.24, 2.45) is 4.99 Å². The number of carbonyl (C=O) groups excluding carboxylic acids is 1. The first-order valence-corrected chi connectivity index (χ1v) is 9.91. The number of nitrogens with one attached hydrogen (secondary N) is 4. The number of amides is 2. The van der Waals surface area contributed by atoms with Crippen LogP contribution in [0.25, 0.3) is 0 Å². The molecule has 1 saturated heterocycles. The summed E-state index contributed by atoms with van der Waals surface area (Å²) in [5, 5.41) is 13.9. The standard InChI is InChI=1S/C22H23N7O2/c23-20(28-21(19-4-2-10-25-19)29-11-13-31-14-12-29)16-5-7-17(8-6-16)26-22(30)27-18-3-1-9-24-15-18/h1-10,15,23,25H,11-14H2,(H2,26,27,30). The fourth-order valence-electron chi connectivity index (χ4n) is 3.16. The Balaban J connectivity index is 1.44. The Morgan fingerprint density at radius 2 is 1.84 bits per heavy atom. The minimum atomic E-state index is -0.366. The van der Waals surface area contributed by atoms with Crippen molar-refractivity contribution < 1.29 is 9.53 Å². The highest BCUT2D eigenvalue weighted by Crippen LogP contribution is 2.14. The van der Waals surface area contributed by atoms with Gasteiger partial charge in [-0.3, -0.25) is 10.4 Å². The molecule has 0 bridgehead atoms. The predicted octanol–water partition coefficient (Wildman–Crippen LogP) is 3.16. The van der Waals surface area contributed by atoms with Crippen LogP contribution in [0.15, 0.2) is 72.1 Å². The van der Waals surface area contributed by atoms with E-state index in [4.69, 9.17) is 10.1 Å². The maximum Gasteiger partial charge on any atom is 0.323 e. The van der Waals surface area contributed by atoms with Gasteiger partial charge in [0.2, 0.25) is 0 Å². The Hall–Kier alpha value is -3.98. The third kappa shape index (κ3) is 5.34. The van der Waals surface area contributed by atoms with E-state index in [0.29, 0.717) is 30.2 Å². The molecular formula is C22H23N7O2. The van der Waals surface area contributed by atoms with Crippen molar-refractivity contribution in [2.45, 2.75) is 0 Å². The zero-order valence-corrected chi connectivity index (χ0v) is 16.8. The molecule has 1 aliphatic heterocycles. The van der Waals surface area contributed by atoms with Gasteiger partial charge < -0.3 is 25.3 Å². The van der Waals surface area contributed by atoms with E-state index in [0.717, 1.165) is 24.6 Å². The molecule has 3 aromatic rings. The average Bonchev–Trinajstić information content (AvgIpc) is 3.33. The van der Waals surface area contributed by atoms with Gasteiger partial charge in [0.05, 0.1) is 30.8 Å². The first-order chi connectivity index (χ1) is 15.2. The molecule has 1 aromatic carbocycles. The molecule has 0 radical (unpaired) electrons. The zero-order chi connectivity index (χ0) is 21.5. The second-order valence-corrected chi connectivity index (χ2v) is 6.87. The number of hydrogen-bond acceptors (Lipinski definition) is 4. The van der Waals surface area contributed by atoms with Crippen LogP contribution in [0.4, 0.5) is 16.2 Å². The maximum absolute atomic E-state index is 12.1. The van der Waals surface area contributed by atoms with Gasteiger partial charge in [-0.2, -0.15) is 0 Å². The van der Waals surface area contributed by atoms with Crippen LogP contribution in [0.3, 0.4) is 0 Å². The van der Waals surface area contributed by atoms with E-state index in [9.17, 15) is 4.79 Å². The van der Waals surface area contributed by atoms with Crippen molar-refractivity contribution in [3.8, 4) is 0 Å². The van der Waals surface area contributed by atoms with Crippen LogP contribution >= 0.6 is 0 Å². The highest BCUT2D eigenvalue weighted by Gasteiger charge is 2.18. The molecule has 4 N–H and O–H groups in total. The van der Waals surface area contributed by atoms with Crippen molar-refractivity contribution >= 4 is 29.1 Å². The van der Waals surface area contributed by atoms with E-state index >= 15 is 0 Å². The Morgan fingerprint density at radius 3 is 2.52 bits per heavy atom. The lowest BCUT2D eigenvalue weighted by atomic mass is 10.2. The second kappa shape index (κ2) is 9.68. The molecule has 3 heterocycles. The first kappa shape index (κ1) is 20.3. The molecule has 0 aliphatic carbocycles. The first-order valence-electron chi connectivity index (χ1n) is 9.91. The van der Waals surface area contributed by atoms with Crippen LogP contribution in [-0.4, -0.2) is 58.9 Å². The third-order valence-electron chi connectivity index (χ3n) is 4.70. The van der Waals surface area contributed by atoms with E-state index in [2.05, 4.69) is 30.5 Å². The molecule has 2 aromatic heterocycles. The minimum Gasteiger partial charge on any atom is -0.378 e. The van der Waals surface area contributed by atoms with Crippen molar-refractivity contribution in [3.63, 3.8) is 0 Å². The van der Waals surface area contributed by atoms with Gasteiger partial charge >= 0.3 is 6.03 Å². The summed E-state index contributed by atoms with van der Waals surface area (Å²) in [4.78, 5) is 26.0. The molecule has 1 fully saturated rings. The van der Waals surface area contributed by atoms with Crippen LogP contribution in [0.5, 0.6) is 0 Å². The third-order valence-corrected chi connectivity index (χ3v) is 4.70. The molecule has 0 unspecified atom stereocenters. The lowest BCUT2D eigenvalue weighted by Crippen LogP contribution is -2.41. The second-order valence-electron chi connectivity index (χ2n) is 6.87. The molecule has 0 spiro atoms. The van der Waals surface area contributed by atoms with E-state index in [1.165, 1.54) is 0 Å². The van der Waals surface area contributed by atoms with Crippen molar-refractivity contribution in [2.75, 3.05) is 36.9 Å². The summed E-state index contributed by atoms with van der Waals surface area (Å²) in [6.45, 7) is 2.71. The van der Waals surface area contributed by atoms with E-state index in [-0.39, 0.29) is 11.9 Å². The highest BCUT2D eigenvalue weighted by molar-refractivity contribution is 6.10. The molecule has 1 aliphatic rings. The fourth-order valence-corrected chi connectivity index (χ4v) is 3.16. The number of amidine groups is 2. The van der Waals surface area contributed by atoms with Crippen molar-refractivity contribution in [3.05, 3.63) is 78.4 Å². The predicted molar refractivity (Wildman–Crippen MR) is 120 cm³/mol. The molecule has 9 nitrogen and oxygen atoms in total. The minimum absolute atomic E-state index is 0.141. The number of morpholine rings is 1. The number of anilines is 2. The van der Waals surface area contributed by atoms with Gasteiger partial charge in [-0.05, 0) is 48.5 Å². The Kier molecular flexibility index (Phi) is 6.34. The number of carbonyl (C=O) groups is 1. The lowest BCUT2D eigenvalue weighted by Gasteiger charge is -2.29. The summed E-state index contributed by atoms with van der Waals surface area (Å²) in [7, 11) is 0. The van der Waals surface area contributed by atoms with E-state index in [1.54, 1.807) is 48.8 Å². The lowest BCUT2D eigenvalue weighted by molar-refractivity contribution is 0.0682. The van der Waals surface area contributed by atoms with Crippen LogP contribution < -0.4 is 10.6 Å². The summed E-state index contributed by atoms with van der Waals surface area (Å²) < 4.78 is 5.44.